The zero-order valence-corrected chi connectivity index (χ0v) is 10.4. The molecule has 1 aromatic heterocycles. The molecule has 0 bridgehead atoms. The highest BCUT2D eigenvalue weighted by atomic mass is 16.4. The van der Waals surface area contributed by atoms with E-state index in [0.717, 1.165) is 24.8 Å². The predicted molar refractivity (Wildman–Crippen MR) is 69.1 cm³/mol. The Morgan fingerprint density at radius 3 is 2.94 bits per heavy atom. The van der Waals surface area contributed by atoms with Crippen molar-refractivity contribution >= 4 is 0 Å². The molecule has 3 rings (SSSR count). The lowest BCUT2D eigenvalue weighted by Gasteiger charge is -2.00. The van der Waals surface area contributed by atoms with E-state index in [9.17, 15) is 0 Å². The van der Waals surface area contributed by atoms with E-state index in [4.69, 9.17) is 10.2 Å². The molecule has 0 amide bonds. The molecule has 0 spiro atoms. The summed E-state index contributed by atoms with van der Waals surface area (Å²) in [4.78, 5) is 0. The van der Waals surface area contributed by atoms with Crippen molar-refractivity contribution < 1.29 is 4.42 Å². The van der Waals surface area contributed by atoms with Crippen molar-refractivity contribution in [1.82, 2.24) is 10.2 Å². The SMILES string of the molecule is NCCCc1nnc(-c2ccc3c(c2)CCC3)o1. The molecule has 0 unspecified atom stereocenters. The third-order valence-electron chi connectivity index (χ3n) is 3.41. The van der Waals surface area contributed by atoms with E-state index in [1.165, 1.54) is 24.0 Å². The van der Waals surface area contributed by atoms with Crippen molar-refractivity contribution in [2.24, 2.45) is 5.73 Å². The van der Waals surface area contributed by atoms with Gasteiger partial charge in [-0.15, -0.1) is 10.2 Å². The Morgan fingerprint density at radius 1 is 1.17 bits per heavy atom. The van der Waals surface area contributed by atoms with E-state index in [-0.39, 0.29) is 0 Å². The summed E-state index contributed by atoms with van der Waals surface area (Å²) >= 11 is 0. The molecule has 18 heavy (non-hydrogen) atoms. The smallest absolute Gasteiger partial charge is 0.247 e. The molecular weight excluding hydrogens is 226 g/mol. The van der Waals surface area contributed by atoms with Crippen LogP contribution in [0.1, 0.15) is 29.9 Å². The van der Waals surface area contributed by atoms with Gasteiger partial charge in [-0.05, 0) is 55.5 Å². The van der Waals surface area contributed by atoms with Gasteiger partial charge in [0.25, 0.3) is 0 Å². The molecule has 1 aliphatic carbocycles. The first-order chi connectivity index (χ1) is 8.86. The Morgan fingerprint density at radius 2 is 2.06 bits per heavy atom. The molecule has 1 aliphatic rings. The average molecular weight is 243 g/mol. The third kappa shape index (κ3) is 2.16. The summed E-state index contributed by atoms with van der Waals surface area (Å²) in [5, 5.41) is 8.16. The van der Waals surface area contributed by atoms with Gasteiger partial charge < -0.3 is 10.2 Å². The van der Waals surface area contributed by atoms with Gasteiger partial charge in [-0.25, -0.2) is 0 Å². The Balaban J connectivity index is 1.83. The van der Waals surface area contributed by atoms with E-state index >= 15 is 0 Å². The highest BCUT2D eigenvalue weighted by molar-refractivity contribution is 5.56. The first-order valence-electron chi connectivity index (χ1n) is 6.51. The fourth-order valence-electron chi connectivity index (χ4n) is 2.43. The lowest BCUT2D eigenvalue weighted by molar-refractivity contribution is 0.499. The molecule has 0 aliphatic heterocycles. The normalized spacial score (nSPS) is 13.8. The Kier molecular flexibility index (Phi) is 3.11. The standard InChI is InChI=1S/C14H17N3O/c15-8-2-5-13-16-17-14(18-13)12-7-6-10-3-1-4-11(10)9-12/h6-7,9H,1-5,8,15H2. The third-order valence-corrected chi connectivity index (χ3v) is 3.41. The van der Waals surface area contributed by atoms with Crippen molar-refractivity contribution in [3.63, 3.8) is 0 Å². The molecule has 4 heteroatoms. The molecule has 94 valence electrons. The summed E-state index contributed by atoms with van der Waals surface area (Å²) in [5.74, 6) is 1.30. The summed E-state index contributed by atoms with van der Waals surface area (Å²) in [7, 11) is 0. The van der Waals surface area contributed by atoms with E-state index in [1.807, 2.05) is 0 Å². The van der Waals surface area contributed by atoms with Gasteiger partial charge in [-0.1, -0.05) is 6.07 Å². The molecular formula is C14H17N3O. The number of nitrogens with two attached hydrogens (primary N) is 1. The fourth-order valence-corrected chi connectivity index (χ4v) is 2.43. The van der Waals surface area contributed by atoms with Crippen LogP contribution in [0.5, 0.6) is 0 Å². The minimum Gasteiger partial charge on any atom is -0.421 e. The largest absolute Gasteiger partial charge is 0.421 e. The van der Waals surface area contributed by atoms with Gasteiger partial charge in [-0.3, -0.25) is 0 Å². The zero-order valence-electron chi connectivity index (χ0n) is 10.4. The van der Waals surface area contributed by atoms with E-state index in [1.54, 1.807) is 0 Å². The number of hydrogen-bond acceptors (Lipinski definition) is 4. The van der Waals surface area contributed by atoms with Crippen molar-refractivity contribution in [3.05, 3.63) is 35.2 Å². The van der Waals surface area contributed by atoms with E-state index in [2.05, 4.69) is 28.4 Å². The summed E-state index contributed by atoms with van der Waals surface area (Å²) in [6.07, 6.45) is 5.25. The van der Waals surface area contributed by atoms with Crippen LogP contribution in [0.25, 0.3) is 11.5 Å². The topological polar surface area (TPSA) is 64.9 Å². The second-order valence-electron chi connectivity index (χ2n) is 4.73. The van der Waals surface area contributed by atoms with Crippen LogP contribution in [0.3, 0.4) is 0 Å². The second-order valence-corrected chi connectivity index (χ2v) is 4.73. The number of hydrogen-bond donors (Lipinski definition) is 1. The maximum Gasteiger partial charge on any atom is 0.247 e. The predicted octanol–water partition coefficient (Wildman–Crippen LogP) is 2.12. The Labute approximate surface area is 106 Å². The summed E-state index contributed by atoms with van der Waals surface area (Å²) in [5.41, 5.74) is 9.38. The van der Waals surface area contributed by atoms with Crippen LogP contribution in [0.4, 0.5) is 0 Å². The summed E-state index contributed by atoms with van der Waals surface area (Å²) < 4.78 is 5.65. The number of rotatable bonds is 4. The van der Waals surface area contributed by atoms with E-state index < -0.39 is 0 Å². The van der Waals surface area contributed by atoms with Crippen molar-refractivity contribution in [2.45, 2.75) is 32.1 Å². The number of aryl methyl sites for hydroxylation is 3. The first kappa shape index (κ1) is 11.4. The molecule has 0 saturated carbocycles. The molecule has 0 radical (unpaired) electrons. The van der Waals surface area contributed by atoms with Crippen LogP contribution < -0.4 is 5.73 Å². The number of fused-ring (bicyclic) bond motifs is 1. The van der Waals surface area contributed by atoms with Gasteiger partial charge in [0, 0.05) is 12.0 Å². The zero-order chi connectivity index (χ0) is 12.4. The van der Waals surface area contributed by atoms with Crippen LogP contribution in [-0.2, 0) is 19.3 Å². The van der Waals surface area contributed by atoms with Gasteiger partial charge in [0.1, 0.15) is 0 Å². The second kappa shape index (κ2) is 4.90. The highest BCUT2D eigenvalue weighted by Crippen LogP contribution is 2.27. The average Bonchev–Trinajstić information content (AvgIpc) is 3.04. The van der Waals surface area contributed by atoms with Crippen molar-refractivity contribution in [1.29, 1.82) is 0 Å². The monoisotopic (exact) mass is 243 g/mol. The molecule has 0 fully saturated rings. The minimum absolute atomic E-state index is 0.622. The molecule has 1 heterocycles. The van der Waals surface area contributed by atoms with Crippen LogP contribution in [0.2, 0.25) is 0 Å². The molecule has 1 aromatic carbocycles. The molecule has 4 nitrogen and oxygen atoms in total. The summed E-state index contributed by atoms with van der Waals surface area (Å²) in [6.45, 7) is 0.649. The minimum atomic E-state index is 0.622. The van der Waals surface area contributed by atoms with Crippen molar-refractivity contribution in [2.75, 3.05) is 6.54 Å². The fraction of sp³-hybridized carbons (Fsp3) is 0.429. The lowest BCUT2D eigenvalue weighted by atomic mass is 10.1. The van der Waals surface area contributed by atoms with Gasteiger partial charge in [0.05, 0.1) is 0 Å². The number of benzene rings is 1. The van der Waals surface area contributed by atoms with Gasteiger partial charge in [0.15, 0.2) is 0 Å². The van der Waals surface area contributed by atoms with Crippen LogP contribution in [0, 0.1) is 0 Å². The molecule has 0 atom stereocenters. The number of aromatic nitrogens is 2. The number of nitrogens with zero attached hydrogens (tertiary/aromatic N) is 2. The maximum atomic E-state index is 5.65. The van der Waals surface area contributed by atoms with Crippen LogP contribution in [-0.4, -0.2) is 16.7 Å². The van der Waals surface area contributed by atoms with Gasteiger partial charge in [0.2, 0.25) is 11.8 Å². The lowest BCUT2D eigenvalue weighted by Crippen LogP contribution is -2.00. The van der Waals surface area contributed by atoms with Crippen molar-refractivity contribution in [3.8, 4) is 11.5 Å². The molecule has 2 N–H and O–H groups in total. The van der Waals surface area contributed by atoms with E-state index in [0.29, 0.717) is 18.3 Å². The highest BCUT2D eigenvalue weighted by Gasteiger charge is 2.14. The van der Waals surface area contributed by atoms with Gasteiger partial charge >= 0.3 is 0 Å². The Hall–Kier alpha value is -1.68. The quantitative estimate of drug-likeness (QED) is 0.893. The molecule has 2 aromatic rings. The maximum absolute atomic E-state index is 5.65. The van der Waals surface area contributed by atoms with Crippen LogP contribution in [0.15, 0.2) is 22.6 Å². The van der Waals surface area contributed by atoms with Gasteiger partial charge in [-0.2, -0.15) is 0 Å². The van der Waals surface area contributed by atoms with Crippen LogP contribution >= 0.6 is 0 Å². The Bertz CT molecular complexity index is 548. The molecule has 0 saturated heterocycles. The summed E-state index contributed by atoms with van der Waals surface area (Å²) in [6, 6.07) is 6.44. The first-order valence-corrected chi connectivity index (χ1v) is 6.51.